The van der Waals surface area contributed by atoms with Gasteiger partial charge in [-0.05, 0) is 54.3 Å². The second-order valence-corrected chi connectivity index (χ2v) is 8.23. The molecule has 170 valence electrons. The number of rotatable bonds is 8. The van der Waals surface area contributed by atoms with Crippen molar-refractivity contribution >= 4 is 17.4 Å². The van der Waals surface area contributed by atoms with Gasteiger partial charge in [-0.15, -0.1) is 0 Å². The summed E-state index contributed by atoms with van der Waals surface area (Å²) in [6.45, 7) is 6.55. The number of halogens is 1. The lowest BCUT2D eigenvalue weighted by Crippen LogP contribution is -2.32. The van der Waals surface area contributed by atoms with E-state index < -0.39 is 23.5 Å². The molecule has 1 saturated heterocycles. The average molecular weight is 441 g/mol. The minimum Gasteiger partial charge on any atom is -0.507 e. The van der Waals surface area contributed by atoms with Crippen LogP contribution in [0.3, 0.4) is 0 Å². The molecule has 1 N–H and O–H groups in total. The molecule has 1 heterocycles. The third-order valence-electron chi connectivity index (χ3n) is 5.26. The van der Waals surface area contributed by atoms with Crippen molar-refractivity contribution in [3.63, 3.8) is 0 Å². The van der Waals surface area contributed by atoms with Crippen LogP contribution in [0.4, 0.5) is 4.39 Å². The molecule has 32 heavy (non-hydrogen) atoms. The minimum absolute atomic E-state index is 0.0434. The van der Waals surface area contributed by atoms with Crippen LogP contribution < -0.4 is 4.74 Å². The van der Waals surface area contributed by atoms with Crippen LogP contribution in [0.1, 0.15) is 36.6 Å². The van der Waals surface area contributed by atoms with Gasteiger partial charge >= 0.3 is 0 Å². The van der Waals surface area contributed by atoms with E-state index in [-0.39, 0.29) is 30.0 Å². The summed E-state index contributed by atoms with van der Waals surface area (Å²) in [6, 6.07) is 10.4. The van der Waals surface area contributed by atoms with E-state index in [0.29, 0.717) is 29.4 Å². The van der Waals surface area contributed by atoms with Crippen LogP contribution in [-0.2, 0) is 14.3 Å². The number of carbonyl (C=O) groups excluding carboxylic acids is 2. The lowest BCUT2D eigenvalue weighted by Gasteiger charge is -2.25. The molecule has 2 aromatic carbocycles. The number of hydrogen-bond donors (Lipinski definition) is 1. The van der Waals surface area contributed by atoms with E-state index in [1.165, 1.54) is 30.2 Å². The maximum atomic E-state index is 13.7. The van der Waals surface area contributed by atoms with Crippen LogP contribution in [0.5, 0.6) is 5.75 Å². The van der Waals surface area contributed by atoms with Gasteiger partial charge in [-0.1, -0.05) is 26.0 Å². The lowest BCUT2D eigenvalue weighted by molar-refractivity contribution is -0.140. The maximum Gasteiger partial charge on any atom is 0.295 e. The smallest absolute Gasteiger partial charge is 0.295 e. The molecule has 1 unspecified atom stereocenters. The topological polar surface area (TPSA) is 76.1 Å². The fourth-order valence-electron chi connectivity index (χ4n) is 3.63. The zero-order chi connectivity index (χ0) is 23.4. The summed E-state index contributed by atoms with van der Waals surface area (Å²) >= 11 is 0. The molecule has 0 radical (unpaired) electrons. The molecule has 0 saturated carbocycles. The van der Waals surface area contributed by atoms with Gasteiger partial charge in [0.25, 0.3) is 11.7 Å². The molecule has 7 heteroatoms. The minimum atomic E-state index is -0.821. The van der Waals surface area contributed by atoms with Gasteiger partial charge < -0.3 is 19.5 Å². The van der Waals surface area contributed by atoms with Crippen LogP contribution >= 0.6 is 0 Å². The maximum absolute atomic E-state index is 13.7. The number of aryl methyl sites for hydroxylation is 1. The van der Waals surface area contributed by atoms with Crippen LogP contribution in [0.25, 0.3) is 5.76 Å². The second-order valence-electron chi connectivity index (χ2n) is 8.23. The van der Waals surface area contributed by atoms with E-state index in [2.05, 4.69) is 0 Å². The van der Waals surface area contributed by atoms with Gasteiger partial charge in [-0.2, -0.15) is 0 Å². The third kappa shape index (κ3) is 4.83. The molecule has 1 amide bonds. The van der Waals surface area contributed by atoms with Crippen LogP contribution in [0.15, 0.2) is 48.0 Å². The zero-order valence-electron chi connectivity index (χ0n) is 18.7. The van der Waals surface area contributed by atoms with Crippen molar-refractivity contribution in [1.29, 1.82) is 0 Å². The molecule has 1 aliphatic rings. The number of aliphatic hydroxyl groups is 1. The molecule has 0 spiro atoms. The van der Waals surface area contributed by atoms with Crippen LogP contribution in [0, 0.1) is 18.7 Å². The van der Waals surface area contributed by atoms with Gasteiger partial charge in [0, 0.05) is 19.2 Å². The summed E-state index contributed by atoms with van der Waals surface area (Å²) in [5.74, 6) is -1.35. The molecular formula is C25H28FNO5. The van der Waals surface area contributed by atoms with Crippen molar-refractivity contribution < 1.29 is 28.6 Å². The summed E-state index contributed by atoms with van der Waals surface area (Å²) in [5, 5.41) is 11.0. The highest BCUT2D eigenvalue weighted by Gasteiger charge is 2.46. The highest BCUT2D eigenvalue weighted by molar-refractivity contribution is 6.46. The number of ketones is 1. The van der Waals surface area contributed by atoms with Crippen molar-refractivity contribution in [2.45, 2.75) is 26.8 Å². The fourth-order valence-corrected chi connectivity index (χ4v) is 3.63. The van der Waals surface area contributed by atoms with E-state index in [9.17, 15) is 19.1 Å². The average Bonchev–Trinajstić information content (AvgIpc) is 3.02. The Morgan fingerprint density at radius 2 is 1.94 bits per heavy atom. The summed E-state index contributed by atoms with van der Waals surface area (Å²) in [4.78, 5) is 27.2. The normalized spacial score (nSPS) is 17.9. The largest absolute Gasteiger partial charge is 0.507 e. The molecule has 0 bridgehead atoms. The quantitative estimate of drug-likeness (QED) is 0.377. The fraction of sp³-hybridized carbons (Fsp3) is 0.360. The van der Waals surface area contributed by atoms with Crippen molar-refractivity contribution in [3.8, 4) is 5.75 Å². The van der Waals surface area contributed by atoms with E-state index in [1.54, 1.807) is 31.2 Å². The van der Waals surface area contributed by atoms with Gasteiger partial charge in [-0.25, -0.2) is 4.39 Å². The molecule has 1 aliphatic heterocycles. The Hall–Kier alpha value is -3.19. The van der Waals surface area contributed by atoms with Crippen LogP contribution in [-0.4, -0.2) is 48.6 Å². The van der Waals surface area contributed by atoms with E-state index in [4.69, 9.17) is 9.47 Å². The number of methoxy groups -OCH3 is 1. The summed E-state index contributed by atoms with van der Waals surface area (Å²) in [5.41, 5.74) is 1.18. The molecule has 1 atom stereocenters. The predicted molar refractivity (Wildman–Crippen MR) is 119 cm³/mol. The van der Waals surface area contributed by atoms with Crippen LogP contribution in [0.2, 0.25) is 0 Å². The van der Waals surface area contributed by atoms with Crippen molar-refractivity contribution in [1.82, 2.24) is 4.90 Å². The molecular weight excluding hydrogens is 413 g/mol. The standard InChI is InChI=1S/C25H28FNO5/c1-15(2)14-32-19-7-5-6-17(13-19)22-21(24(29)25(30)27(22)10-11-31-4)23(28)18-8-9-20(26)16(3)12-18/h5-9,12-13,15,22,28H,10-11,14H2,1-4H3/b23-21-. The Morgan fingerprint density at radius 1 is 1.19 bits per heavy atom. The van der Waals surface area contributed by atoms with E-state index in [1.807, 2.05) is 13.8 Å². The van der Waals surface area contributed by atoms with Gasteiger partial charge in [-0.3, -0.25) is 9.59 Å². The SMILES string of the molecule is COCCN1C(=O)C(=O)/C(=C(\O)c2ccc(F)c(C)c2)C1c1cccc(OCC(C)C)c1. The monoisotopic (exact) mass is 441 g/mol. The first kappa shape index (κ1) is 23.5. The first-order chi connectivity index (χ1) is 15.2. The number of Topliss-reactive ketones (excluding diaryl/α,β-unsaturated/α-hetero) is 1. The Bertz CT molecular complexity index is 1050. The first-order valence-corrected chi connectivity index (χ1v) is 10.5. The number of benzene rings is 2. The highest BCUT2D eigenvalue weighted by atomic mass is 19.1. The number of ether oxygens (including phenoxy) is 2. The molecule has 1 fully saturated rings. The molecule has 2 aromatic rings. The number of nitrogens with zero attached hydrogens (tertiary/aromatic N) is 1. The molecule has 0 aliphatic carbocycles. The van der Waals surface area contributed by atoms with E-state index in [0.717, 1.165) is 0 Å². The molecule has 0 aromatic heterocycles. The Kier molecular flexibility index (Phi) is 7.30. The Labute approximate surface area is 187 Å². The van der Waals surface area contributed by atoms with Gasteiger partial charge in [0.1, 0.15) is 17.3 Å². The van der Waals surface area contributed by atoms with Gasteiger partial charge in [0.2, 0.25) is 0 Å². The number of aliphatic hydroxyl groups excluding tert-OH is 1. The number of likely N-dealkylation sites (tertiary alicyclic amines) is 1. The summed E-state index contributed by atoms with van der Waals surface area (Å²) < 4.78 is 24.7. The van der Waals surface area contributed by atoms with E-state index >= 15 is 0 Å². The summed E-state index contributed by atoms with van der Waals surface area (Å²) in [6.07, 6.45) is 0. The second kappa shape index (κ2) is 9.96. The number of carbonyl (C=O) groups is 2. The first-order valence-electron chi connectivity index (χ1n) is 10.5. The van der Waals surface area contributed by atoms with Gasteiger partial charge in [0.15, 0.2) is 0 Å². The predicted octanol–water partition coefficient (Wildman–Crippen LogP) is 4.24. The van der Waals surface area contributed by atoms with Crippen molar-refractivity contribution in [2.75, 3.05) is 26.9 Å². The number of amides is 1. The number of hydrogen-bond acceptors (Lipinski definition) is 5. The lowest BCUT2D eigenvalue weighted by atomic mass is 9.94. The Balaban J connectivity index is 2.12. The molecule has 3 rings (SSSR count). The third-order valence-corrected chi connectivity index (χ3v) is 5.26. The Morgan fingerprint density at radius 3 is 2.59 bits per heavy atom. The summed E-state index contributed by atoms with van der Waals surface area (Å²) in [7, 11) is 1.51. The highest BCUT2D eigenvalue weighted by Crippen LogP contribution is 2.40. The molecule has 6 nitrogen and oxygen atoms in total. The zero-order valence-corrected chi connectivity index (χ0v) is 18.7. The van der Waals surface area contributed by atoms with Gasteiger partial charge in [0.05, 0.1) is 24.8 Å². The van der Waals surface area contributed by atoms with Crippen molar-refractivity contribution in [3.05, 3.63) is 70.5 Å². The van der Waals surface area contributed by atoms with Crippen molar-refractivity contribution in [2.24, 2.45) is 5.92 Å².